The lowest BCUT2D eigenvalue weighted by molar-refractivity contribution is 0.413. The Labute approximate surface area is 107 Å². The second kappa shape index (κ2) is 5.37. The SMILES string of the molecule is COc1cccc(Sc2ccc(Br)cn2)c1. The Morgan fingerprint density at radius 2 is 2.12 bits per heavy atom. The van der Waals surface area contributed by atoms with Crippen LogP contribution in [0.2, 0.25) is 0 Å². The van der Waals surface area contributed by atoms with Crippen LogP contribution in [0.15, 0.2) is 57.0 Å². The van der Waals surface area contributed by atoms with Gasteiger partial charge in [0.15, 0.2) is 0 Å². The molecule has 0 saturated carbocycles. The minimum Gasteiger partial charge on any atom is -0.497 e. The molecule has 0 aliphatic heterocycles. The Morgan fingerprint density at radius 3 is 2.81 bits per heavy atom. The van der Waals surface area contributed by atoms with E-state index in [4.69, 9.17) is 4.74 Å². The molecule has 0 atom stereocenters. The van der Waals surface area contributed by atoms with Gasteiger partial charge in [-0.05, 0) is 46.3 Å². The molecule has 4 heteroatoms. The zero-order valence-corrected chi connectivity index (χ0v) is 11.1. The molecule has 0 bridgehead atoms. The fourth-order valence-corrected chi connectivity index (χ4v) is 2.25. The van der Waals surface area contributed by atoms with E-state index >= 15 is 0 Å². The van der Waals surface area contributed by atoms with Crippen LogP contribution in [-0.4, -0.2) is 12.1 Å². The maximum atomic E-state index is 5.17. The summed E-state index contributed by atoms with van der Waals surface area (Å²) in [5, 5.41) is 0.969. The minimum absolute atomic E-state index is 0.863. The summed E-state index contributed by atoms with van der Waals surface area (Å²) in [4.78, 5) is 5.42. The predicted molar refractivity (Wildman–Crippen MR) is 69.1 cm³/mol. The van der Waals surface area contributed by atoms with Gasteiger partial charge in [0.05, 0.1) is 7.11 Å². The number of aromatic nitrogens is 1. The van der Waals surface area contributed by atoms with Crippen LogP contribution in [0.4, 0.5) is 0 Å². The molecule has 1 aromatic heterocycles. The van der Waals surface area contributed by atoms with E-state index in [0.29, 0.717) is 0 Å². The fraction of sp³-hybridized carbons (Fsp3) is 0.0833. The number of methoxy groups -OCH3 is 1. The second-order valence-corrected chi connectivity index (χ2v) is 5.11. The highest BCUT2D eigenvalue weighted by Gasteiger charge is 2.00. The molecule has 0 unspecified atom stereocenters. The molecule has 0 fully saturated rings. The van der Waals surface area contributed by atoms with Gasteiger partial charge in [0.25, 0.3) is 0 Å². The van der Waals surface area contributed by atoms with Crippen LogP contribution in [0.5, 0.6) is 5.75 Å². The van der Waals surface area contributed by atoms with Gasteiger partial charge in [-0.1, -0.05) is 17.8 Å². The van der Waals surface area contributed by atoms with Crippen molar-refractivity contribution in [1.82, 2.24) is 4.98 Å². The van der Waals surface area contributed by atoms with Crippen LogP contribution in [0.3, 0.4) is 0 Å². The van der Waals surface area contributed by atoms with Crippen molar-refractivity contribution in [3.63, 3.8) is 0 Å². The molecule has 0 aliphatic rings. The third-order valence-corrected chi connectivity index (χ3v) is 3.37. The highest BCUT2D eigenvalue weighted by Crippen LogP contribution is 2.28. The maximum absolute atomic E-state index is 5.17. The second-order valence-electron chi connectivity index (χ2n) is 3.10. The van der Waals surface area contributed by atoms with E-state index in [1.54, 1.807) is 25.1 Å². The van der Waals surface area contributed by atoms with Gasteiger partial charge in [-0.15, -0.1) is 0 Å². The summed E-state index contributed by atoms with van der Waals surface area (Å²) in [7, 11) is 1.67. The molecule has 2 nitrogen and oxygen atoms in total. The summed E-state index contributed by atoms with van der Waals surface area (Å²) in [5.41, 5.74) is 0. The number of benzene rings is 1. The molecule has 0 aliphatic carbocycles. The van der Waals surface area contributed by atoms with E-state index in [1.807, 2.05) is 36.4 Å². The molecule has 0 saturated heterocycles. The lowest BCUT2D eigenvalue weighted by Crippen LogP contribution is -1.83. The van der Waals surface area contributed by atoms with Gasteiger partial charge in [-0.3, -0.25) is 0 Å². The van der Waals surface area contributed by atoms with E-state index < -0.39 is 0 Å². The molecule has 1 aromatic carbocycles. The number of pyridine rings is 1. The van der Waals surface area contributed by atoms with Gasteiger partial charge in [-0.2, -0.15) is 0 Å². The molecular weight excluding hydrogens is 286 g/mol. The normalized spacial score (nSPS) is 10.1. The van der Waals surface area contributed by atoms with Crippen LogP contribution in [0, 0.1) is 0 Å². The van der Waals surface area contributed by atoms with Crippen LogP contribution in [0.25, 0.3) is 0 Å². The molecule has 2 rings (SSSR count). The Hall–Kier alpha value is -1.00. The summed E-state index contributed by atoms with van der Waals surface area (Å²) in [6.07, 6.45) is 1.79. The molecular formula is C12H10BrNOS. The molecule has 0 spiro atoms. The van der Waals surface area contributed by atoms with E-state index in [0.717, 1.165) is 20.1 Å². The third kappa shape index (κ3) is 3.00. The Morgan fingerprint density at radius 1 is 1.25 bits per heavy atom. The summed E-state index contributed by atoms with van der Waals surface area (Å²) < 4.78 is 6.16. The molecule has 0 radical (unpaired) electrons. The monoisotopic (exact) mass is 295 g/mol. The highest BCUT2D eigenvalue weighted by molar-refractivity contribution is 9.10. The van der Waals surface area contributed by atoms with Crippen molar-refractivity contribution >= 4 is 27.7 Å². The van der Waals surface area contributed by atoms with E-state index in [9.17, 15) is 0 Å². The first kappa shape index (κ1) is 11.5. The van der Waals surface area contributed by atoms with E-state index in [1.165, 1.54) is 0 Å². The van der Waals surface area contributed by atoms with Crippen molar-refractivity contribution in [2.24, 2.45) is 0 Å². The Bertz CT molecular complexity index is 473. The third-order valence-electron chi connectivity index (χ3n) is 1.96. The van der Waals surface area contributed by atoms with Crippen LogP contribution >= 0.6 is 27.7 Å². The van der Waals surface area contributed by atoms with Gasteiger partial charge in [-0.25, -0.2) is 4.98 Å². The predicted octanol–water partition coefficient (Wildman–Crippen LogP) is 4.00. The first-order valence-corrected chi connectivity index (χ1v) is 6.32. The van der Waals surface area contributed by atoms with Crippen molar-refractivity contribution in [3.05, 3.63) is 47.1 Å². The van der Waals surface area contributed by atoms with Crippen LogP contribution in [-0.2, 0) is 0 Å². The van der Waals surface area contributed by atoms with Crippen molar-refractivity contribution in [1.29, 1.82) is 0 Å². The van der Waals surface area contributed by atoms with E-state index in [2.05, 4.69) is 20.9 Å². The molecule has 1 heterocycles. The first-order valence-electron chi connectivity index (χ1n) is 4.71. The quantitative estimate of drug-likeness (QED) is 0.854. The summed E-state index contributed by atoms with van der Waals surface area (Å²) in [6.45, 7) is 0. The van der Waals surface area contributed by atoms with Crippen LogP contribution < -0.4 is 4.74 Å². The number of halogens is 1. The lowest BCUT2D eigenvalue weighted by atomic mass is 10.3. The lowest BCUT2D eigenvalue weighted by Gasteiger charge is -2.03. The maximum Gasteiger partial charge on any atom is 0.119 e. The largest absolute Gasteiger partial charge is 0.497 e. The van der Waals surface area contributed by atoms with Gasteiger partial charge < -0.3 is 4.74 Å². The average Bonchev–Trinajstić information content (AvgIpc) is 2.32. The fourth-order valence-electron chi connectivity index (χ4n) is 1.21. The van der Waals surface area contributed by atoms with Gasteiger partial charge in [0, 0.05) is 15.6 Å². The smallest absolute Gasteiger partial charge is 0.119 e. The number of hydrogen-bond donors (Lipinski definition) is 0. The summed E-state index contributed by atoms with van der Waals surface area (Å²) >= 11 is 4.98. The number of rotatable bonds is 3. The molecule has 0 amide bonds. The average molecular weight is 296 g/mol. The zero-order chi connectivity index (χ0) is 11.4. The summed E-state index contributed by atoms with van der Waals surface area (Å²) in [6, 6.07) is 11.9. The van der Waals surface area contributed by atoms with Crippen molar-refractivity contribution in [2.45, 2.75) is 9.92 Å². The van der Waals surface area contributed by atoms with Crippen LogP contribution in [0.1, 0.15) is 0 Å². The Balaban J connectivity index is 2.16. The number of nitrogens with zero attached hydrogens (tertiary/aromatic N) is 1. The summed E-state index contributed by atoms with van der Waals surface area (Å²) in [5.74, 6) is 0.863. The molecule has 0 N–H and O–H groups in total. The first-order chi connectivity index (χ1) is 7.78. The van der Waals surface area contributed by atoms with Crippen molar-refractivity contribution < 1.29 is 4.74 Å². The zero-order valence-electron chi connectivity index (χ0n) is 8.68. The minimum atomic E-state index is 0.863. The molecule has 82 valence electrons. The van der Waals surface area contributed by atoms with Gasteiger partial charge >= 0.3 is 0 Å². The molecule has 16 heavy (non-hydrogen) atoms. The van der Waals surface area contributed by atoms with Gasteiger partial charge in [0.2, 0.25) is 0 Å². The topological polar surface area (TPSA) is 22.1 Å². The van der Waals surface area contributed by atoms with Crippen molar-refractivity contribution in [3.8, 4) is 5.75 Å². The molecule has 2 aromatic rings. The highest BCUT2D eigenvalue weighted by atomic mass is 79.9. The number of hydrogen-bond acceptors (Lipinski definition) is 3. The standard InChI is InChI=1S/C12H10BrNOS/c1-15-10-3-2-4-11(7-10)16-12-6-5-9(13)8-14-12/h2-8H,1H3. The van der Waals surface area contributed by atoms with E-state index in [-0.39, 0.29) is 0 Å². The number of ether oxygens (including phenoxy) is 1. The Kier molecular flexibility index (Phi) is 3.85. The van der Waals surface area contributed by atoms with Gasteiger partial charge in [0.1, 0.15) is 10.8 Å². The van der Waals surface area contributed by atoms with Crippen molar-refractivity contribution in [2.75, 3.05) is 7.11 Å².